The molecular formula is C18H28ClNO3. The fourth-order valence-corrected chi connectivity index (χ4v) is 5.83. The summed E-state index contributed by atoms with van der Waals surface area (Å²) in [6.45, 7) is 5.88. The second kappa shape index (κ2) is 5.94. The normalized spacial score (nSPS) is 39.3. The average Bonchev–Trinajstić information content (AvgIpc) is 2.41. The number of alkyl halides is 1. The van der Waals surface area contributed by atoms with Crippen molar-refractivity contribution >= 4 is 23.5 Å². The molecular weight excluding hydrogens is 314 g/mol. The molecule has 130 valence electrons. The number of nitrogens with one attached hydrogen (secondary N) is 1. The SMILES string of the molecule is CC(C)[C@@H](C)NC(=O)COC(=O)C12C[C@@H]3C[C@H](CC(Cl)(C3)C1)C2. The largest absolute Gasteiger partial charge is 0.455 e. The molecule has 3 atom stereocenters. The second-order valence-electron chi connectivity index (χ2n) is 8.57. The number of halogens is 1. The molecule has 4 aliphatic carbocycles. The Labute approximate surface area is 143 Å². The van der Waals surface area contributed by atoms with E-state index < -0.39 is 5.41 Å². The number of rotatable bonds is 5. The van der Waals surface area contributed by atoms with Crippen molar-refractivity contribution in [3.05, 3.63) is 0 Å². The molecule has 0 aromatic heterocycles. The van der Waals surface area contributed by atoms with Crippen LogP contribution in [0, 0.1) is 23.2 Å². The third-order valence-electron chi connectivity index (χ3n) is 6.15. The van der Waals surface area contributed by atoms with Crippen molar-refractivity contribution in [2.75, 3.05) is 6.61 Å². The molecule has 4 rings (SSSR count). The molecule has 4 saturated carbocycles. The van der Waals surface area contributed by atoms with E-state index in [0.717, 1.165) is 32.1 Å². The molecule has 0 heterocycles. The van der Waals surface area contributed by atoms with Crippen LogP contribution in [0.1, 0.15) is 59.3 Å². The molecule has 4 bridgehead atoms. The maximum Gasteiger partial charge on any atom is 0.312 e. The highest BCUT2D eigenvalue weighted by molar-refractivity contribution is 6.24. The van der Waals surface area contributed by atoms with Gasteiger partial charge in [0.25, 0.3) is 5.91 Å². The summed E-state index contributed by atoms with van der Waals surface area (Å²) < 4.78 is 5.40. The highest BCUT2D eigenvalue weighted by Gasteiger charge is 2.60. The van der Waals surface area contributed by atoms with Gasteiger partial charge < -0.3 is 10.1 Å². The van der Waals surface area contributed by atoms with E-state index in [4.69, 9.17) is 16.3 Å². The molecule has 0 radical (unpaired) electrons. The van der Waals surface area contributed by atoms with Gasteiger partial charge in [-0.2, -0.15) is 0 Å². The Balaban J connectivity index is 1.57. The molecule has 5 heteroatoms. The van der Waals surface area contributed by atoms with Gasteiger partial charge >= 0.3 is 5.97 Å². The lowest BCUT2D eigenvalue weighted by atomic mass is 9.49. The molecule has 0 aromatic carbocycles. The molecule has 4 nitrogen and oxygen atoms in total. The van der Waals surface area contributed by atoms with E-state index in [-0.39, 0.29) is 29.4 Å². The van der Waals surface area contributed by atoms with Crippen LogP contribution in [-0.4, -0.2) is 29.4 Å². The first kappa shape index (κ1) is 17.1. The Hall–Kier alpha value is -0.770. The Kier molecular flexibility index (Phi) is 4.41. The maximum atomic E-state index is 12.7. The first-order chi connectivity index (χ1) is 10.7. The van der Waals surface area contributed by atoms with Crippen LogP contribution in [-0.2, 0) is 14.3 Å². The summed E-state index contributed by atoms with van der Waals surface area (Å²) in [7, 11) is 0. The zero-order valence-corrected chi connectivity index (χ0v) is 15.1. The third kappa shape index (κ3) is 3.38. The number of amides is 1. The molecule has 23 heavy (non-hydrogen) atoms. The lowest BCUT2D eigenvalue weighted by Crippen LogP contribution is -2.56. The fraction of sp³-hybridized carbons (Fsp3) is 0.889. The van der Waals surface area contributed by atoms with E-state index >= 15 is 0 Å². The predicted octanol–water partition coefficient (Wildman–Crippen LogP) is 3.27. The number of hydrogen-bond acceptors (Lipinski definition) is 3. The Morgan fingerprint density at radius 2 is 1.78 bits per heavy atom. The number of ether oxygens (including phenoxy) is 1. The van der Waals surface area contributed by atoms with Crippen molar-refractivity contribution in [2.45, 2.75) is 70.2 Å². The lowest BCUT2D eigenvalue weighted by molar-refractivity contribution is -0.171. The van der Waals surface area contributed by atoms with Gasteiger partial charge in [-0.15, -0.1) is 11.6 Å². The van der Waals surface area contributed by atoms with Gasteiger partial charge in [-0.05, 0) is 63.2 Å². The molecule has 0 saturated heterocycles. The van der Waals surface area contributed by atoms with E-state index in [2.05, 4.69) is 5.32 Å². The van der Waals surface area contributed by atoms with Crippen LogP contribution in [0.3, 0.4) is 0 Å². The first-order valence-corrected chi connectivity index (χ1v) is 9.25. The van der Waals surface area contributed by atoms with Gasteiger partial charge in [0.15, 0.2) is 6.61 Å². The second-order valence-corrected chi connectivity index (χ2v) is 9.37. The molecule has 0 spiro atoms. The fourth-order valence-electron chi connectivity index (χ4n) is 5.14. The van der Waals surface area contributed by atoms with Gasteiger partial charge in [0.1, 0.15) is 0 Å². The predicted molar refractivity (Wildman–Crippen MR) is 89.1 cm³/mol. The Morgan fingerprint density at radius 3 is 2.30 bits per heavy atom. The summed E-state index contributed by atoms with van der Waals surface area (Å²) in [5.41, 5.74) is -0.435. The third-order valence-corrected chi connectivity index (χ3v) is 6.59. The summed E-state index contributed by atoms with van der Waals surface area (Å²) in [5, 5.41) is 2.87. The van der Waals surface area contributed by atoms with Crippen molar-refractivity contribution in [1.29, 1.82) is 0 Å². The van der Waals surface area contributed by atoms with Gasteiger partial charge in [0.2, 0.25) is 0 Å². The van der Waals surface area contributed by atoms with Crippen molar-refractivity contribution < 1.29 is 14.3 Å². The van der Waals surface area contributed by atoms with E-state index in [1.165, 1.54) is 6.42 Å². The first-order valence-electron chi connectivity index (χ1n) is 8.87. The summed E-state index contributed by atoms with van der Waals surface area (Å²) in [5.74, 6) is 1.04. The number of hydrogen-bond donors (Lipinski definition) is 1. The van der Waals surface area contributed by atoms with Gasteiger partial charge in [0, 0.05) is 10.9 Å². The smallest absolute Gasteiger partial charge is 0.312 e. The maximum absolute atomic E-state index is 12.7. The topological polar surface area (TPSA) is 55.4 Å². The van der Waals surface area contributed by atoms with E-state index in [9.17, 15) is 9.59 Å². The summed E-state index contributed by atoms with van der Waals surface area (Å²) in [4.78, 5) is 24.4. The Morgan fingerprint density at radius 1 is 1.17 bits per heavy atom. The van der Waals surface area contributed by atoms with Crippen LogP contribution in [0.15, 0.2) is 0 Å². The van der Waals surface area contributed by atoms with E-state index in [1.807, 2.05) is 20.8 Å². The van der Waals surface area contributed by atoms with Crippen LogP contribution in [0.5, 0.6) is 0 Å². The summed E-state index contributed by atoms with van der Waals surface area (Å²) >= 11 is 6.74. The van der Waals surface area contributed by atoms with Crippen molar-refractivity contribution in [3.63, 3.8) is 0 Å². The number of esters is 1. The lowest BCUT2D eigenvalue weighted by Gasteiger charge is -2.58. The van der Waals surface area contributed by atoms with Gasteiger partial charge in [0.05, 0.1) is 5.41 Å². The number of carbonyl (C=O) groups is 2. The van der Waals surface area contributed by atoms with Crippen molar-refractivity contribution in [1.82, 2.24) is 5.32 Å². The Bertz CT molecular complexity index is 490. The quantitative estimate of drug-likeness (QED) is 0.616. The molecule has 0 unspecified atom stereocenters. The van der Waals surface area contributed by atoms with Gasteiger partial charge in [-0.3, -0.25) is 9.59 Å². The van der Waals surface area contributed by atoms with E-state index in [1.54, 1.807) is 0 Å². The highest BCUT2D eigenvalue weighted by Crippen LogP contribution is 2.64. The monoisotopic (exact) mass is 341 g/mol. The average molecular weight is 342 g/mol. The molecule has 0 aliphatic heterocycles. The zero-order chi connectivity index (χ0) is 16.8. The van der Waals surface area contributed by atoms with Crippen LogP contribution >= 0.6 is 11.6 Å². The minimum absolute atomic E-state index is 0.0758. The zero-order valence-electron chi connectivity index (χ0n) is 14.4. The van der Waals surface area contributed by atoms with Gasteiger partial charge in [-0.25, -0.2) is 0 Å². The standard InChI is InChI=1S/C18H28ClNO3/c1-11(2)12(3)20-15(21)9-23-16(22)17-5-13-4-14(6-17)8-18(19,7-13)10-17/h11-14H,4-10H2,1-3H3,(H,20,21)/t12-,13+,14+,17?,18?/m1/s1. The molecule has 4 fully saturated rings. The van der Waals surface area contributed by atoms with Crippen LogP contribution < -0.4 is 5.32 Å². The highest BCUT2D eigenvalue weighted by atomic mass is 35.5. The molecule has 1 N–H and O–H groups in total. The van der Waals surface area contributed by atoms with E-state index in [0.29, 0.717) is 17.8 Å². The minimum Gasteiger partial charge on any atom is -0.455 e. The van der Waals surface area contributed by atoms with Gasteiger partial charge in [-0.1, -0.05) is 13.8 Å². The van der Waals surface area contributed by atoms with Crippen LogP contribution in [0.4, 0.5) is 0 Å². The van der Waals surface area contributed by atoms with Crippen molar-refractivity contribution in [2.24, 2.45) is 23.2 Å². The van der Waals surface area contributed by atoms with Crippen molar-refractivity contribution in [3.8, 4) is 0 Å². The minimum atomic E-state index is -0.435. The van der Waals surface area contributed by atoms with Crippen LogP contribution in [0.25, 0.3) is 0 Å². The number of carbonyl (C=O) groups excluding carboxylic acids is 2. The summed E-state index contributed by atoms with van der Waals surface area (Å²) in [6.07, 6.45) is 5.77. The molecule has 1 amide bonds. The van der Waals surface area contributed by atoms with Crippen LogP contribution in [0.2, 0.25) is 0 Å². The molecule has 4 aliphatic rings. The molecule has 0 aromatic rings. The summed E-state index contributed by atoms with van der Waals surface area (Å²) in [6, 6.07) is 0.0758.